The molecule has 2 aliphatic heterocycles. The number of anilines is 1. The van der Waals surface area contributed by atoms with E-state index in [1.54, 1.807) is 6.20 Å². The van der Waals surface area contributed by atoms with Crippen LogP contribution in [0.25, 0.3) is 22.4 Å². The molecule has 5 nitrogen and oxygen atoms in total. The zero-order chi connectivity index (χ0) is 9.54. The molecule has 0 saturated heterocycles. The summed E-state index contributed by atoms with van der Waals surface area (Å²) in [5.41, 5.74) is 8.00. The highest BCUT2D eigenvalue weighted by molar-refractivity contribution is 5.94. The van der Waals surface area contributed by atoms with Crippen molar-refractivity contribution < 1.29 is 0 Å². The van der Waals surface area contributed by atoms with Crippen LogP contribution in [0.2, 0.25) is 0 Å². The molecule has 0 atom stereocenters. The van der Waals surface area contributed by atoms with Gasteiger partial charge in [0.15, 0.2) is 0 Å². The van der Waals surface area contributed by atoms with Gasteiger partial charge in [0.2, 0.25) is 0 Å². The Morgan fingerprint density at radius 2 is 2.00 bits per heavy atom. The lowest BCUT2D eigenvalue weighted by atomic mass is 10.2. The van der Waals surface area contributed by atoms with Crippen molar-refractivity contribution in [3.8, 4) is 11.4 Å². The fourth-order valence-corrected chi connectivity index (χ4v) is 1.54. The number of nitrogens with one attached hydrogen (secondary N) is 1. The molecule has 0 aromatic carbocycles. The minimum Gasteiger partial charge on any atom is -0.383 e. The van der Waals surface area contributed by atoms with E-state index in [0.29, 0.717) is 11.5 Å². The van der Waals surface area contributed by atoms with Gasteiger partial charge in [-0.2, -0.15) is 0 Å². The number of hydrogen-bond donors (Lipinski definition) is 2. The van der Waals surface area contributed by atoms with Crippen molar-refractivity contribution in [1.29, 1.82) is 0 Å². The average molecular weight is 185 g/mol. The van der Waals surface area contributed by atoms with E-state index >= 15 is 0 Å². The van der Waals surface area contributed by atoms with Crippen molar-refractivity contribution in [2.24, 2.45) is 0 Å². The zero-order valence-electron chi connectivity index (χ0n) is 7.23. The first-order valence-corrected chi connectivity index (χ1v) is 4.19. The molecule has 3 rings (SSSR count). The van der Waals surface area contributed by atoms with Gasteiger partial charge >= 0.3 is 0 Å². The Kier molecular flexibility index (Phi) is 1.25. The number of aromatic nitrogens is 4. The Hall–Kier alpha value is -2.17. The fraction of sp³-hybridized carbons (Fsp3) is 0. The summed E-state index contributed by atoms with van der Waals surface area (Å²) >= 11 is 0. The van der Waals surface area contributed by atoms with Gasteiger partial charge in [0.25, 0.3) is 0 Å². The fourth-order valence-electron chi connectivity index (χ4n) is 1.54. The van der Waals surface area contributed by atoms with Crippen LogP contribution in [0.15, 0.2) is 24.7 Å². The largest absolute Gasteiger partial charge is 0.383 e. The monoisotopic (exact) mass is 185 g/mol. The third-order valence-corrected chi connectivity index (χ3v) is 2.17. The molecule has 1 aromatic heterocycles. The van der Waals surface area contributed by atoms with Crippen LogP contribution in [0.4, 0.5) is 5.82 Å². The second-order valence-electron chi connectivity index (χ2n) is 3.01. The number of nitrogens with two attached hydrogens (primary N) is 1. The highest BCUT2D eigenvalue weighted by atomic mass is 15.0. The van der Waals surface area contributed by atoms with Gasteiger partial charge in [-0.3, -0.25) is 0 Å². The molecular weight excluding hydrogens is 178 g/mol. The average Bonchev–Trinajstić information content (AvgIpc) is 2.67. The maximum Gasteiger partial charge on any atom is 0.141 e. The Morgan fingerprint density at radius 3 is 2.93 bits per heavy atom. The van der Waals surface area contributed by atoms with E-state index in [9.17, 15) is 0 Å². The van der Waals surface area contributed by atoms with Crippen molar-refractivity contribution >= 4 is 16.9 Å². The minimum absolute atomic E-state index is 0.503. The smallest absolute Gasteiger partial charge is 0.141 e. The predicted molar refractivity (Wildman–Crippen MR) is 52.7 cm³/mol. The van der Waals surface area contributed by atoms with Gasteiger partial charge in [-0.05, 0) is 12.1 Å². The molecule has 68 valence electrons. The van der Waals surface area contributed by atoms with Gasteiger partial charge in [0, 0.05) is 11.6 Å². The van der Waals surface area contributed by atoms with Gasteiger partial charge in [0.05, 0.1) is 0 Å². The molecule has 0 spiro atoms. The molecule has 0 bridgehead atoms. The minimum atomic E-state index is 0.503. The summed E-state index contributed by atoms with van der Waals surface area (Å²) in [5.74, 6) is 0.503. The summed E-state index contributed by atoms with van der Waals surface area (Å²) in [6, 6.07) is 3.80. The third kappa shape index (κ3) is 0.806. The normalized spacial score (nSPS) is 11.1. The highest BCUT2D eigenvalue weighted by Crippen LogP contribution is 2.28. The number of imidazole rings is 1. The Bertz CT molecular complexity index is 571. The molecule has 0 aliphatic carbocycles. The predicted octanol–water partition coefficient (Wildman–Crippen LogP) is 1.04. The second-order valence-corrected chi connectivity index (χ2v) is 3.01. The van der Waals surface area contributed by atoms with Crippen molar-refractivity contribution in [3.63, 3.8) is 0 Å². The second kappa shape index (κ2) is 2.41. The van der Waals surface area contributed by atoms with Gasteiger partial charge in [-0.25, -0.2) is 15.0 Å². The molecule has 0 saturated carbocycles. The van der Waals surface area contributed by atoms with Gasteiger partial charge in [0.1, 0.15) is 29.2 Å². The Labute approximate surface area is 79.4 Å². The lowest BCUT2D eigenvalue weighted by Gasteiger charge is -2.04. The molecular formula is C9H7N5. The number of aromatic amines is 1. The number of nitrogens with zero attached hydrogens (tertiary/aromatic N) is 3. The summed E-state index contributed by atoms with van der Waals surface area (Å²) in [7, 11) is 0. The Balaban J connectivity index is 2.58. The van der Waals surface area contributed by atoms with E-state index in [0.717, 1.165) is 16.7 Å². The van der Waals surface area contributed by atoms with Crippen molar-refractivity contribution in [3.05, 3.63) is 24.7 Å². The van der Waals surface area contributed by atoms with Gasteiger partial charge in [-0.15, -0.1) is 0 Å². The summed E-state index contributed by atoms with van der Waals surface area (Å²) in [5, 5.41) is 0.939. The number of rotatable bonds is 0. The lowest BCUT2D eigenvalue weighted by Crippen LogP contribution is -1.97. The van der Waals surface area contributed by atoms with E-state index in [1.807, 2.05) is 12.1 Å². The number of hydrogen-bond acceptors (Lipinski definition) is 4. The van der Waals surface area contributed by atoms with E-state index < -0.39 is 0 Å². The van der Waals surface area contributed by atoms with Crippen LogP contribution >= 0.6 is 0 Å². The topological polar surface area (TPSA) is 80.5 Å². The van der Waals surface area contributed by atoms with Crippen LogP contribution in [-0.4, -0.2) is 19.9 Å². The number of H-pyrrole nitrogens is 1. The van der Waals surface area contributed by atoms with Gasteiger partial charge in [-0.1, -0.05) is 0 Å². The third-order valence-electron chi connectivity index (χ3n) is 2.17. The van der Waals surface area contributed by atoms with Crippen molar-refractivity contribution in [2.45, 2.75) is 0 Å². The molecule has 0 unspecified atom stereocenters. The first kappa shape index (κ1) is 7.25. The zero-order valence-corrected chi connectivity index (χ0v) is 7.23. The quantitative estimate of drug-likeness (QED) is 0.548. The molecule has 0 radical (unpaired) electrons. The molecule has 14 heavy (non-hydrogen) atoms. The van der Waals surface area contributed by atoms with E-state index in [4.69, 9.17) is 5.73 Å². The first-order valence-electron chi connectivity index (χ1n) is 4.19. The molecule has 2 aliphatic rings. The van der Waals surface area contributed by atoms with Crippen LogP contribution in [0.3, 0.4) is 0 Å². The molecule has 0 amide bonds. The maximum absolute atomic E-state index is 5.77. The summed E-state index contributed by atoms with van der Waals surface area (Å²) in [4.78, 5) is 15.4. The Morgan fingerprint density at radius 1 is 1.14 bits per heavy atom. The molecule has 3 heterocycles. The van der Waals surface area contributed by atoms with Crippen LogP contribution < -0.4 is 5.73 Å². The molecule has 3 N–H and O–H groups in total. The van der Waals surface area contributed by atoms with E-state index in [1.165, 1.54) is 6.33 Å². The maximum atomic E-state index is 5.77. The summed E-state index contributed by atoms with van der Waals surface area (Å²) < 4.78 is 0. The molecule has 0 fully saturated rings. The first-order chi connectivity index (χ1) is 6.86. The number of pyridine rings is 2. The number of fused-ring (bicyclic) bond motifs is 3. The molecule has 5 heteroatoms. The van der Waals surface area contributed by atoms with E-state index in [-0.39, 0.29) is 0 Å². The van der Waals surface area contributed by atoms with Crippen LogP contribution in [0.5, 0.6) is 0 Å². The van der Waals surface area contributed by atoms with Crippen LogP contribution in [0.1, 0.15) is 0 Å². The van der Waals surface area contributed by atoms with Gasteiger partial charge < -0.3 is 10.7 Å². The van der Waals surface area contributed by atoms with Crippen molar-refractivity contribution in [1.82, 2.24) is 19.9 Å². The SMILES string of the molecule is Nc1[nH]c2ncccc2c2ncnc1-2. The van der Waals surface area contributed by atoms with E-state index in [2.05, 4.69) is 19.9 Å². The highest BCUT2D eigenvalue weighted by Gasteiger charge is 2.14. The van der Waals surface area contributed by atoms with Crippen molar-refractivity contribution in [2.75, 3.05) is 5.73 Å². The van der Waals surface area contributed by atoms with Crippen LogP contribution in [0, 0.1) is 0 Å². The standard InChI is InChI=1S/C9H7N5/c10-8-7-6(12-4-13-7)5-2-1-3-11-9(5)14-8/h1-4H,10H2,(H,11,14). The summed E-state index contributed by atoms with van der Waals surface area (Å²) in [6.45, 7) is 0. The van der Waals surface area contributed by atoms with Crippen LogP contribution in [-0.2, 0) is 0 Å². The summed E-state index contributed by atoms with van der Waals surface area (Å²) in [6.07, 6.45) is 3.21. The molecule has 1 aromatic rings. The number of nitrogen functional groups attached to an aromatic ring is 1. The lowest BCUT2D eigenvalue weighted by molar-refractivity contribution is 1.27.